The molecule has 2 aromatic carbocycles. The normalized spacial score (nSPS) is 31.2. The summed E-state index contributed by atoms with van der Waals surface area (Å²) in [7, 11) is 0. The molecule has 1 saturated carbocycles. The smallest absolute Gasteiger partial charge is 0.240 e. The van der Waals surface area contributed by atoms with Crippen molar-refractivity contribution in [1.82, 2.24) is 15.5 Å². The molecule has 0 spiro atoms. The van der Waals surface area contributed by atoms with Gasteiger partial charge in [-0.15, -0.1) is 0 Å². The van der Waals surface area contributed by atoms with Gasteiger partial charge in [0.2, 0.25) is 5.91 Å². The lowest BCUT2D eigenvalue weighted by atomic mass is 9.58. The van der Waals surface area contributed by atoms with Gasteiger partial charge in [-0.25, -0.2) is 0 Å². The van der Waals surface area contributed by atoms with E-state index in [-0.39, 0.29) is 11.8 Å². The standard InChI is InChI=1S/C27H34ClN3O/c1-18(2)16-31-17-21-13-27(26(32)29-14-20-9-6-10-22(28)11-20)24(25(31)23(21)15-30-27)12-19-7-4-3-5-8-19/h3-11,18,21,23-25,30H,12-17H2,1-2H3,(H,29,32)/t21-,23-,24+,25-,27+/m1/s1. The van der Waals surface area contributed by atoms with E-state index in [2.05, 4.69) is 59.7 Å². The zero-order valence-corrected chi connectivity index (χ0v) is 19.8. The van der Waals surface area contributed by atoms with E-state index in [0.717, 1.165) is 38.0 Å². The molecule has 3 heterocycles. The maximum absolute atomic E-state index is 13.9. The van der Waals surface area contributed by atoms with E-state index in [1.165, 1.54) is 5.56 Å². The summed E-state index contributed by atoms with van der Waals surface area (Å²) in [6.07, 6.45) is 1.86. The second-order valence-electron chi connectivity index (χ2n) is 10.4. The molecule has 4 fully saturated rings. The predicted octanol–water partition coefficient (Wildman–Crippen LogP) is 4.13. The molecule has 4 nitrogen and oxygen atoms in total. The molecular weight excluding hydrogens is 418 g/mol. The van der Waals surface area contributed by atoms with Crippen molar-refractivity contribution in [2.75, 3.05) is 19.6 Å². The molecule has 6 rings (SSSR count). The van der Waals surface area contributed by atoms with Gasteiger partial charge in [0.05, 0.1) is 0 Å². The molecule has 0 unspecified atom stereocenters. The van der Waals surface area contributed by atoms with Gasteiger partial charge in [0.1, 0.15) is 5.54 Å². The van der Waals surface area contributed by atoms with Crippen molar-refractivity contribution in [3.8, 4) is 0 Å². The van der Waals surface area contributed by atoms with Gasteiger partial charge in [-0.2, -0.15) is 0 Å². The Labute approximate surface area is 196 Å². The first-order valence-corrected chi connectivity index (χ1v) is 12.4. The Morgan fingerprint density at radius 3 is 2.72 bits per heavy atom. The Hall–Kier alpha value is -1.88. The molecule has 3 saturated heterocycles. The van der Waals surface area contributed by atoms with Crippen molar-refractivity contribution in [3.05, 3.63) is 70.7 Å². The maximum atomic E-state index is 13.9. The number of carbonyl (C=O) groups excluding carboxylic acids is 1. The fourth-order valence-electron chi connectivity index (χ4n) is 6.68. The lowest BCUT2D eigenvalue weighted by molar-refractivity contribution is -0.138. The lowest BCUT2D eigenvalue weighted by Gasteiger charge is -2.56. The van der Waals surface area contributed by atoms with E-state index in [1.807, 2.05) is 24.3 Å². The molecule has 4 aliphatic rings. The number of hydrogen-bond donors (Lipinski definition) is 2. The first-order chi connectivity index (χ1) is 15.5. The van der Waals surface area contributed by atoms with Gasteiger partial charge < -0.3 is 10.6 Å². The monoisotopic (exact) mass is 451 g/mol. The van der Waals surface area contributed by atoms with Crippen LogP contribution in [0, 0.1) is 23.7 Å². The first kappa shape index (κ1) is 21.9. The summed E-state index contributed by atoms with van der Waals surface area (Å²) in [6, 6.07) is 18.9. The van der Waals surface area contributed by atoms with E-state index in [0.29, 0.717) is 35.4 Å². The molecule has 3 aliphatic heterocycles. The number of halogens is 1. The van der Waals surface area contributed by atoms with Gasteiger partial charge in [0.15, 0.2) is 0 Å². The Morgan fingerprint density at radius 1 is 1.19 bits per heavy atom. The highest BCUT2D eigenvalue weighted by atomic mass is 35.5. The largest absolute Gasteiger partial charge is 0.350 e. The van der Waals surface area contributed by atoms with Gasteiger partial charge in [0, 0.05) is 43.2 Å². The third kappa shape index (κ3) is 3.98. The summed E-state index contributed by atoms with van der Waals surface area (Å²) in [4.78, 5) is 16.6. The second-order valence-corrected chi connectivity index (χ2v) is 10.9. The van der Waals surface area contributed by atoms with Crippen molar-refractivity contribution in [1.29, 1.82) is 0 Å². The van der Waals surface area contributed by atoms with Crippen LogP contribution in [0.5, 0.6) is 0 Å². The SMILES string of the molecule is CC(C)CN1C[C@H]2C[C@]3(C(=O)NCc4cccc(Cl)c4)NC[C@H]2[C@@H]1[C@@H]3Cc1ccccc1. The highest BCUT2D eigenvalue weighted by Gasteiger charge is 2.64. The molecular formula is C27H34ClN3O. The van der Waals surface area contributed by atoms with Gasteiger partial charge in [0.25, 0.3) is 0 Å². The van der Waals surface area contributed by atoms with Crippen LogP contribution < -0.4 is 10.6 Å². The summed E-state index contributed by atoms with van der Waals surface area (Å²) in [5.74, 6) is 2.29. The van der Waals surface area contributed by atoms with Crippen molar-refractivity contribution < 1.29 is 4.79 Å². The topological polar surface area (TPSA) is 44.4 Å². The Kier molecular flexibility index (Phi) is 6.04. The van der Waals surface area contributed by atoms with Gasteiger partial charge in [-0.05, 0) is 53.9 Å². The molecule has 0 radical (unpaired) electrons. The fourth-order valence-corrected chi connectivity index (χ4v) is 6.89. The van der Waals surface area contributed by atoms with Crippen molar-refractivity contribution in [2.24, 2.45) is 23.7 Å². The van der Waals surface area contributed by atoms with E-state index < -0.39 is 5.54 Å². The second kappa shape index (κ2) is 8.81. The Balaban J connectivity index is 1.43. The predicted molar refractivity (Wildman–Crippen MR) is 129 cm³/mol. The number of nitrogens with zero attached hydrogens (tertiary/aromatic N) is 1. The van der Waals surface area contributed by atoms with E-state index in [4.69, 9.17) is 11.6 Å². The minimum Gasteiger partial charge on any atom is -0.350 e. The summed E-state index contributed by atoms with van der Waals surface area (Å²) in [5, 5.41) is 7.74. The molecule has 5 atom stereocenters. The third-order valence-corrected chi connectivity index (χ3v) is 8.10. The number of likely N-dealkylation sites (tertiary alicyclic amines) is 1. The zero-order valence-electron chi connectivity index (χ0n) is 19.1. The van der Waals surface area contributed by atoms with Crippen molar-refractivity contribution in [2.45, 2.75) is 44.8 Å². The van der Waals surface area contributed by atoms with Crippen LogP contribution in [0.3, 0.4) is 0 Å². The minimum absolute atomic E-state index is 0.151. The molecule has 1 amide bonds. The Bertz CT molecular complexity index is 964. The van der Waals surface area contributed by atoms with Crippen LogP contribution in [0.4, 0.5) is 0 Å². The quantitative estimate of drug-likeness (QED) is 0.665. The average Bonchev–Trinajstić information content (AvgIpc) is 3.07. The molecule has 2 aromatic rings. The van der Waals surface area contributed by atoms with Crippen LogP contribution >= 0.6 is 11.6 Å². The molecule has 32 heavy (non-hydrogen) atoms. The van der Waals surface area contributed by atoms with Crippen LogP contribution in [0.2, 0.25) is 5.02 Å². The summed E-state index contributed by atoms with van der Waals surface area (Å²) in [5.41, 5.74) is 1.85. The summed E-state index contributed by atoms with van der Waals surface area (Å²) >= 11 is 6.16. The molecule has 1 aliphatic carbocycles. The number of benzene rings is 2. The molecule has 5 heteroatoms. The number of amides is 1. The van der Waals surface area contributed by atoms with Crippen LogP contribution in [-0.4, -0.2) is 42.0 Å². The van der Waals surface area contributed by atoms with E-state index in [1.54, 1.807) is 0 Å². The van der Waals surface area contributed by atoms with E-state index in [9.17, 15) is 4.79 Å². The van der Waals surface area contributed by atoms with Gasteiger partial charge >= 0.3 is 0 Å². The number of carbonyl (C=O) groups is 1. The highest BCUT2D eigenvalue weighted by Crippen LogP contribution is 2.53. The number of fused-ring (bicyclic) bond motifs is 1. The first-order valence-electron chi connectivity index (χ1n) is 12.0. The van der Waals surface area contributed by atoms with Crippen molar-refractivity contribution in [3.63, 3.8) is 0 Å². The lowest BCUT2D eigenvalue weighted by Crippen LogP contribution is -2.74. The fraction of sp³-hybridized carbons (Fsp3) is 0.519. The van der Waals surface area contributed by atoms with Gasteiger partial charge in [-0.1, -0.05) is 67.9 Å². The molecule has 2 N–H and O–H groups in total. The summed E-state index contributed by atoms with van der Waals surface area (Å²) in [6.45, 7) is 8.30. The molecule has 170 valence electrons. The zero-order chi connectivity index (χ0) is 22.3. The number of hydrogen-bond acceptors (Lipinski definition) is 3. The maximum Gasteiger partial charge on any atom is 0.240 e. The van der Waals surface area contributed by atoms with Crippen LogP contribution in [-0.2, 0) is 17.8 Å². The third-order valence-electron chi connectivity index (χ3n) is 7.86. The number of rotatable bonds is 7. The molecule has 0 aromatic heterocycles. The van der Waals surface area contributed by atoms with Crippen LogP contribution in [0.1, 0.15) is 31.4 Å². The van der Waals surface area contributed by atoms with Crippen LogP contribution in [0.25, 0.3) is 0 Å². The minimum atomic E-state index is -0.510. The number of piperidine rings is 2. The van der Waals surface area contributed by atoms with Crippen molar-refractivity contribution >= 4 is 17.5 Å². The average molecular weight is 452 g/mol. The van der Waals surface area contributed by atoms with Gasteiger partial charge in [-0.3, -0.25) is 9.69 Å². The highest BCUT2D eigenvalue weighted by molar-refractivity contribution is 6.30. The summed E-state index contributed by atoms with van der Waals surface area (Å²) < 4.78 is 0. The van der Waals surface area contributed by atoms with E-state index >= 15 is 0 Å². The molecule has 4 bridgehead atoms. The van der Waals surface area contributed by atoms with Crippen LogP contribution in [0.15, 0.2) is 54.6 Å². The number of nitrogens with one attached hydrogen (secondary N) is 2. The Morgan fingerprint density at radius 2 is 1.97 bits per heavy atom.